The molecule has 1 N–H and O–H groups in total. The van der Waals surface area contributed by atoms with E-state index in [9.17, 15) is 9.59 Å². The van der Waals surface area contributed by atoms with E-state index >= 15 is 0 Å². The normalized spacial score (nSPS) is 16.3. The van der Waals surface area contributed by atoms with Crippen LogP contribution in [0.5, 0.6) is 0 Å². The molecule has 4 rings (SSSR count). The van der Waals surface area contributed by atoms with Gasteiger partial charge < -0.3 is 5.32 Å². The lowest BCUT2D eigenvalue weighted by Gasteiger charge is -2.22. The second kappa shape index (κ2) is 6.21. The minimum absolute atomic E-state index is 0.00856. The van der Waals surface area contributed by atoms with Gasteiger partial charge in [0.1, 0.15) is 5.82 Å². The first kappa shape index (κ1) is 16.7. The summed E-state index contributed by atoms with van der Waals surface area (Å²) in [6.07, 6.45) is 0.156. The first-order valence-electron chi connectivity index (χ1n) is 8.51. The van der Waals surface area contributed by atoms with Crippen LogP contribution < -0.4 is 5.32 Å². The van der Waals surface area contributed by atoms with E-state index in [1.165, 1.54) is 11.3 Å². The molecule has 0 bridgehead atoms. The minimum atomic E-state index is -0.490. The van der Waals surface area contributed by atoms with Gasteiger partial charge in [0, 0.05) is 16.9 Å². The number of nitrogens with zero attached hydrogens (tertiary/aromatic N) is 2. The smallest absolute Gasteiger partial charge is 0.226 e. The highest BCUT2D eigenvalue weighted by Crippen LogP contribution is 2.39. The molecule has 2 aromatic heterocycles. The van der Waals surface area contributed by atoms with Crippen LogP contribution in [-0.2, 0) is 4.79 Å². The Balaban J connectivity index is 1.82. The van der Waals surface area contributed by atoms with Crippen molar-refractivity contribution in [2.24, 2.45) is 0 Å². The summed E-state index contributed by atoms with van der Waals surface area (Å²) in [6.45, 7) is 5.88. The maximum absolute atomic E-state index is 13.1. The highest BCUT2D eigenvalue weighted by molar-refractivity contribution is 7.14. The van der Waals surface area contributed by atoms with E-state index in [0.29, 0.717) is 10.7 Å². The van der Waals surface area contributed by atoms with Crippen molar-refractivity contribution in [2.75, 3.05) is 5.32 Å². The summed E-state index contributed by atoms with van der Waals surface area (Å²) in [4.78, 5) is 27.2. The summed E-state index contributed by atoms with van der Waals surface area (Å²) in [6, 6.07) is 11.7. The number of fused-ring (bicyclic) bond motifs is 1. The van der Waals surface area contributed by atoms with Gasteiger partial charge in [-0.2, -0.15) is 5.10 Å². The van der Waals surface area contributed by atoms with Gasteiger partial charge in [-0.15, -0.1) is 11.3 Å². The molecule has 0 fully saturated rings. The molecule has 26 heavy (non-hydrogen) atoms. The molecule has 1 amide bonds. The topological polar surface area (TPSA) is 64.0 Å². The van der Waals surface area contributed by atoms with E-state index in [2.05, 4.69) is 10.4 Å². The number of benzene rings is 1. The molecule has 0 spiro atoms. The lowest BCUT2D eigenvalue weighted by molar-refractivity contribution is -0.116. The van der Waals surface area contributed by atoms with E-state index < -0.39 is 5.92 Å². The van der Waals surface area contributed by atoms with Crippen LogP contribution in [0, 0.1) is 20.8 Å². The molecule has 1 aromatic carbocycles. The fraction of sp³-hybridized carbons (Fsp3) is 0.250. The maximum Gasteiger partial charge on any atom is 0.226 e. The van der Waals surface area contributed by atoms with Crippen molar-refractivity contribution in [1.29, 1.82) is 0 Å². The molecular weight excluding hydrogens is 346 g/mol. The Bertz CT molecular complexity index is 1010. The van der Waals surface area contributed by atoms with Gasteiger partial charge in [0.15, 0.2) is 5.78 Å². The highest BCUT2D eigenvalue weighted by Gasteiger charge is 2.36. The minimum Gasteiger partial charge on any atom is -0.310 e. The Morgan fingerprint density at radius 1 is 1.15 bits per heavy atom. The van der Waals surface area contributed by atoms with Crippen LogP contribution >= 0.6 is 11.3 Å². The number of aromatic nitrogens is 2. The highest BCUT2D eigenvalue weighted by atomic mass is 32.1. The number of carbonyl (C=O) groups is 2. The molecule has 3 heterocycles. The van der Waals surface area contributed by atoms with Crippen LogP contribution in [0.1, 0.15) is 43.7 Å². The molecule has 0 aliphatic carbocycles. The Hall–Kier alpha value is -2.73. The average molecular weight is 365 g/mol. The van der Waals surface area contributed by atoms with Crippen LogP contribution in [0.15, 0.2) is 36.4 Å². The number of Topliss-reactive ketones (excluding diaryl/α,β-unsaturated/α-hetero) is 1. The molecule has 1 aliphatic heterocycles. The number of thiophene rings is 1. The van der Waals surface area contributed by atoms with Gasteiger partial charge in [0.2, 0.25) is 5.91 Å². The third kappa shape index (κ3) is 2.76. The van der Waals surface area contributed by atoms with Crippen molar-refractivity contribution in [3.63, 3.8) is 0 Å². The Labute approximate surface area is 155 Å². The fourth-order valence-corrected chi connectivity index (χ4v) is 4.24. The number of hydrogen-bond acceptors (Lipinski definition) is 4. The van der Waals surface area contributed by atoms with Crippen LogP contribution in [0.3, 0.4) is 0 Å². The molecule has 1 aliphatic rings. The summed E-state index contributed by atoms with van der Waals surface area (Å²) in [7, 11) is 0. The fourth-order valence-electron chi connectivity index (χ4n) is 3.38. The summed E-state index contributed by atoms with van der Waals surface area (Å²) in [5.74, 6) is -0.0478. The van der Waals surface area contributed by atoms with Gasteiger partial charge in [0.25, 0.3) is 0 Å². The van der Waals surface area contributed by atoms with Gasteiger partial charge in [-0.1, -0.05) is 17.7 Å². The first-order valence-corrected chi connectivity index (χ1v) is 9.33. The molecule has 132 valence electrons. The van der Waals surface area contributed by atoms with E-state index in [1.807, 2.05) is 57.2 Å². The molecule has 3 aromatic rings. The van der Waals surface area contributed by atoms with Crippen LogP contribution in [-0.4, -0.2) is 21.5 Å². The average Bonchev–Trinajstić information content (AvgIpc) is 3.18. The number of rotatable bonds is 3. The molecule has 6 heteroatoms. The molecule has 1 unspecified atom stereocenters. The van der Waals surface area contributed by atoms with Crippen molar-refractivity contribution < 1.29 is 9.59 Å². The van der Waals surface area contributed by atoms with E-state index in [-0.39, 0.29) is 18.1 Å². The predicted octanol–water partition coefficient (Wildman–Crippen LogP) is 4.17. The third-order valence-corrected chi connectivity index (χ3v) is 5.70. The van der Waals surface area contributed by atoms with E-state index in [4.69, 9.17) is 0 Å². The number of ketones is 1. The predicted molar refractivity (Wildman–Crippen MR) is 102 cm³/mol. The number of hydrogen-bond donors (Lipinski definition) is 1. The second-order valence-electron chi connectivity index (χ2n) is 6.67. The SMILES string of the molecule is Cc1ccc(-n2nc(C)c3c2NC(=O)CC3C(=O)c2ccc(C)s2)cc1. The van der Waals surface area contributed by atoms with E-state index in [0.717, 1.165) is 27.4 Å². The third-order valence-electron chi connectivity index (χ3n) is 4.68. The lowest BCUT2D eigenvalue weighted by Crippen LogP contribution is -2.28. The maximum atomic E-state index is 13.1. The molecular formula is C20H19N3O2S. The number of amides is 1. The number of aryl methyl sites for hydroxylation is 3. The molecule has 1 atom stereocenters. The largest absolute Gasteiger partial charge is 0.310 e. The molecule has 0 radical (unpaired) electrons. The number of nitrogens with one attached hydrogen (secondary N) is 1. The molecule has 0 saturated carbocycles. The van der Waals surface area contributed by atoms with Gasteiger partial charge in [0.05, 0.1) is 22.2 Å². The summed E-state index contributed by atoms with van der Waals surface area (Å²) < 4.78 is 1.72. The zero-order valence-corrected chi connectivity index (χ0v) is 15.7. The van der Waals surface area contributed by atoms with Crippen molar-refractivity contribution in [1.82, 2.24) is 9.78 Å². The second-order valence-corrected chi connectivity index (χ2v) is 7.96. The quantitative estimate of drug-likeness (QED) is 0.709. The zero-order chi connectivity index (χ0) is 18.4. The summed E-state index contributed by atoms with van der Waals surface area (Å²) >= 11 is 1.47. The summed E-state index contributed by atoms with van der Waals surface area (Å²) in [5, 5.41) is 7.53. The number of anilines is 1. The van der Waals surface area contributed by atoms with Gasteiger partial charge in [-0.3, -0.25) is 9.59 Å². The van der Waals surface area contributed by atoms with Gasteiger partial charge in [-0.05, 0) is 45.0 Å². The van der Waals surface area contributed by atoms with Crippen molar-refractivity contribution >= 4 is 28.8 Å². The monoisotopic (exact) mass is 365 g/mol. The Morgan fingerprint density at radius 2 is 1.88 bits per heavy atom. The van der Waals surface area contributed by atoms with Crippen molar-refractivity contribution in [3.8, 4) is 5.69 Å². The van der Waals surface area contributed by atoms with Gasteiger partial charge >= 0.3 is 0 Å². The van der Waals surface area contributed by atoms with Crippen LogP contribution in [0.2, 0.25) is 0 Å². The standard InChI is InChI=1S/C20H19N3O2S/c1-11-4-7-14(8-5-11)23-20-18(13(3)22-23)15(10-17(24)21-20)19(25)16-9-6-12(2)26-16/h4-9,15H,10H2,1-3H3,(H,21,24). The van der Waals surface area contributed by atoms with Crippen LogP contribution in [0.4, 0.5) is 5.82 Å². The van der Waals surface area contributed by atoms with Crippen molar-refractivity contribution in [3.05, 3.63) is 63.0 Å². The zero-order valence-electron chi connectivity index (χ0n) is 14.9. The molecule has 5 nitrogen and oxygen atoms in total. The van der Waals surface area contributed by atoms with Crippen LogP contribution in [0.25, 0.3) is 5.69 Å². The Kier molecular flexibility index (Phi) is 4.00. The lowest BCUT2D eigenvalue weighted by atomic mass is 9.87. The number of carbonyl (C=O) groups excluding carboxylic acids is 2. The summed E-state index contributed by atoms with van der Waals surface area (Å²) in [5.41, 5.74) is 3.60. The van der Waals surface area contributed by atoms with E-state index in [1.54, 1.807) is 4.68 Å². The Morgan fingerprint density at radius 3 is 2.54 bits per heavy atom. The van der Waals surface area contributed by atoms with Crippen molar-refractivity contribution in [2.45, 2.75) is 33.1 Å². The van der Waals surface area contributed by atoms with Gasteiger partial charge in [-0.25, -0.2) is 4.68 Å². The molecule has 0 saturated heterocycles. The first-order chi connectivity index (χ1) is 12.4.